The highest BCUT2D eigenvalue weighted by Gasteiger charge is 2.48. The summed E-state index contributed by atoms with van der Waals surface area (Å²) in [5.41, 5.74) is 4.08. The molecule has 0 bridgehead atoms. The topological polar surface area (TPSA) is 227 Å². The van der Waals surface area contributed by atoms with E-state index in [9.17, 15) is 24.9 Å². The molecule has 0 radical (unpaired) electrons. The summed E-state index contributed by atoms with van der Waals surface area (Å²) in [6.07, 6.45) is 7.27. The first-order valence-electron chi connectivity index (χ1n) is 21.5. The van der Waals surface area contributed by atoms with Gasteiger partial charge in [-0.2, -0.15) is 4.98 Å². The third kappa shape index (κ3) is 15.1. The maximum atomic E-state index is 12.1. The summed E-state index contributed by atoms with van der Waals surface area (Å²) in [5, 5.41) is 48.7. The highest BCUT2D eigenvalue weighted by Crippen LogP contribution is 2.39. The summed E-state index contributed by atoms with van der Waals surface area (Å²) in [7, 11) is 0. The van der Waals surface area contributed by atoms with Crippen molar-refractivity contribution in [3.8, 4) is 0 Å². The second-order valence-corrected chi connectivity index (χ2v) is 17.6. The van der Waals surface area contributed by atoms with Gasteiger partial charge in [-0.3, -0.25) is 4.79 Å². The van der Waals surface area contributed by atoms with Crippen molar-refractivity contribution in [1.29, 1.82) is 0 Å². The molecule has 1 aromatic carbocycles. The second kappa shape index (κ2) is 24.5. The third-order valence-electron chi connectivity index (χ3n) is 11.3. The van der Waals surface area contributed by atoms with E-state index in [0.717, 1.165) is 79.7 Å². The fourth-order valence-corrected chi connectivity index (χ4v) is 8.49. The number of aromatic nitrogens is 4. The number of epoxide rings is 1. The van der Waals surface area contributed by atoms with Crippen LogP contribution in [-0.2, 0) is 30.3 Å². The molecule has 342 valence electrons. The first-order chi connectivity index (χ1) is 29.7. The van der Waals surface area contributed by atoms with Crippen LogP contribution in [0.5, 0.6) is 0 Å². The molecular weight excluding hydrogens is 863 g/mol. The number of ether oxygens (including phenoxy) is 3. The number of aliphatic hydroxyl groups is 3. The maximum absolute atomic E-state index is 12.1. The van der Waals surface area contributed by atoms with Gasteiger partial charge in [0.1, 0.15) is 6.10 Å². The largest absolute Gasteiger partial charge is 0.481 e. The molecule has 2 aliphatic heterocycles. The fourth-order valence-electron chi connectivity index (χ4n) is 7.54. The lowest BCUT2D eigenvalue weighted by molar-refractivity contribution is -0.165. The van der Waals surface area contributed by atoms with E-state index in [2.05, 4.69) is 30.6 Å². The average Bonchev–Trinajstić information content (AvgIpc) is 3.74. The highest BCUT2D eigenvalue weighted by molar-refractivity contribution is 6.44. The van der Waals surface area contributed by atoms with Gasteiger partial charge < -0.3 is 55.2 Å². The predicted octanol–water partition coefficient (Wildman–Crippen LogP) is 7.58. The van der Waals surface area contributed by atoms with Crippen molar-refractivity contribution in [3.05, 3.63) is 62.9 Å². The summed E-state index contributed by atoms with van der Waals surface area (Å²) in [6, 6.07) is 7.35. The van der Waals surface area contributed by atoms with Crippen LogP contribution in [0.4, 0.5) is 5.95 Å². The summed E-state index contributed by atoms with van der Waals surface area (Å²) in [6.45, 7) is 8.30. The molecule has 4 aromatic rings. The SMILES string of the molecule is C/C(=C\C(=O)OCCCCCCCCC(=O)O)C[C@@H]1OC[C@H](C[C@H]2O[C@H]2[C@@H](C)[C@H](C)O)[C@@H](O)[C@H]1O.Clc1cc(Cl)c2c(Cl)c(CNCCCNc3nc4ncccc4[nH]3)[nH]c2c1. The number of carbonyl (C=O) groups is 2. The average molecular weight is 924 g/mol. The molecule has 0 unspecified atom stereocenters. The third-order valence-corrected chi connectivity index (χ3v) is 12.2. The number of unbranched alkanes of at least 4 members (excludes halogenated alkanes) is 5. The van der Waals surface area contributed by atoms with Gasteiger partial charge in [-0.05, 0) is 76.8 Å². The maximum Gasteiger partial charge on any atom is 0.330 e. The number of aromatic amines is 2. The molecule has 62 heavy (non-hydrogen) atoms. The fraction of sp³-hybridized carbons (Fsp3) is 0.591. The molecule has 6 rings (SSSR count). The van der Waals surface area contributed by atoms with Crippen molar-refractivity contribution in [1.82, 2.24) is 25.3 Å². The molecule has 0 saturated carbocycles. The van der Waals surface area contributed by atoms with E-state index < -0.39 is 36.4 Å². The van der Waals surface area contributed by atoms with E-state index in [1.54, 1.807) is 26.1 Å². The van der Waals surface area contributed by atoms with Gasteiger partial charge in [0.15, 0.2) is 5.65 Å². The lowest BCUT2D eigenvalue weighted by atomic mass is 9.85. The number of pyridine rings is 1. The molecule has 8 N–H and O–H groups in total. The molecule has 3 aromatic heterocycles. The molecule has 0 aliphatic carbocycles. The van der Waals surface area contributed by atoms with Gasteiger partial charge in [0, 0.05) is 59.7 Å². The number of carboxylic acid groups (broad SMARTS) is 1. The number of carboxylic acids is 1. The number of fused-ring (bicyclic) bond motifs is 2. The number of hydrogen-bond donors (Lipinski definition) is 8. The highest BCUT2D eigenvalue weighted by atomic mass is 35.5. The Morgan fingerprint density at radius 3 is 2.50 bits per heavy atom. The lowest BCUT2D eigenvalue weighted by Gasteiger charge is -2.38. The van der Waals surface area contributed by atoms with E-state index in [1.165, 1.54) is 6.08 Å². The number of aliphatic carboxylic acids is 1. The molecule has 18 heteroatoms. The lowest BCUT2D eigenvalue weighted by Crippen LogP contribution is -2.50. The van der Waals surface area contributed by atoms with Crippen molar-refractivity contribution in [2.45, 2.75) is 128 Å². The van der Waals surface area contributed by atoms with Gasteiger partial charge in [-0.1, -0.05) is 73.0 Å². The quantitative estimate of drug-likeness (QED) is 0.0156. The number of anilines is 1. The Bertz CT molecular complexity index is 2050. The second-order valence-electron chi connectivity index (χ2n) is 16.4. The van der Waals surface area contributed by atoms with E-state index in [4.69, 9.17) is 54.1 Å². The summed E-state index contributed by atoms with van der Waals surface area (Å²) >= 11 is 18.7. The number of halogens is 3. The molecule has 2 aliphatic rings. The number of hydrogen-bond acceptors (Lipinski definition) is 12. The Hall–Kier alpha value is -3.51. The number of H-pyrrole nitrogens is 2. The molecule has 0 amide bonds. The molecule has 5 heterocycles. The molecule has 2 saturated heterocycles. The summed E-state index contributed by atoms with van der Waals surface area (Å²) in [5.74, 6) is -0.692. The number of nitrogens with zero attached hydrogens (tertiary/aromatic N) is 2. The minimum Gasteiger partial charge on any atom is -0.481 e. The van der Waals surface area contributed by atoms with Gasteiger partial charge in [0.05, 0.1) is 64.8 Å². The van der Waals surface area contributed by atoms with Crippen molar-refractivity contribution in [3.63, 3.8) is 0 Å². The minimum atomic E-state index is -1.06. The normalized spacial score (nSPS) is 22.2. The zero-order chi connectivity index (χ0) is 44.8. The van der Waals surface area contributed by atoms with Crippen LogP contribution < -0.4 is 10.6 Å². The zero-order valence-electron chi connectivity index (χ0n) is 35.5. The molecule has 2 fully saturated rings. The van der Waals surface area contributed by atoms with Crippen molar-refractivity contribution >= 4 is 74.8 Å². The Morgan fingerprint density at radius 1 is 1.00 bits per heavy atom. The number of esters is 1. The molecule has 15 nitrogen and oxygen atoms in total. The van der Waals surface area contributed by atoms with Crippen LogP contribution in [0.3, 0.4) is 0 Å². The summed E-state index contributed by atoms with van der Waals surface area (Å²) in [4.78, 5) is 37.6. The summed E-state index contributed by atoms with van der Waals surface area (Å²) < 4.78 is 16.7. The van der Waals surface area contributed by atoms with Crippen LogP contribution in [0.1, 0.15) is 90.7 Å². The monoisotopic (exact) mass is 922 g/mol. The van der Waals surface area contributed by atoms with Crippen LogP contribution in [0.2, 0.25) is 15.1 Å². The first kappa shape index (κ1) is 49.5. The van der Waals surface area contributed by atoms with Gasteiger partial charge >= 0.3 is 11.9 Å². The number of carbonyl (C=O) groups excluding carboxylic acids is 1. The van der Waals surface area contributed by atoms with Gasteiger partial charge in [-0.25, -0.2) is 9.78 Å². The Morgan fingerprint density at radius 2 is 1.76 bits per heavy atom. The Kier molecular flexibility index (Phi) is 19.6. The number of imidazole rings is 1. The smallest absolute Gasteiger partial charge is 0.330 e. The van der Waals surface area contributed by atoms with Gasteiger partial charge in [-0.15, -0.1) is 0 Å². The van der Waals surface area contributed by atoms with Crippen LogP contribution in [0, 0.1) is 11.8 Å². The van der Waals surface area contributed by atoms with Crippen LogP contribution in [-0.4, -0.2) is 115 Å². The van der Waals surface area contributed by atoms with E-state index in [-0.39, 0.29) is 30.5 Å². The number of aliphatic hydroxyl groups excluding tert-OH is 3. The van der Waals surface area contributed by atoms with E-state index in [0.29, 0.717) is 65.3 Å². The molecule has 8 atom stereocenters. The Balaban J connectivity index is 0.000000241. The van der Waals surface area contributed by atoms with Crippen molar-refractivity contribution in [2.24, 2.45) is 11.8 Å². The predicted molar refractivity (Wildman–Crippen MR) is 241 cm³/mol. The first-order valence-corrected chi connectivity index (χ1v) is 22.6. The number of nitrogens with one attached hydrogen (secondary N) is 4. The van der Waals surface area contributed by atoms with Crippen LogP contribution >= 0.6 is 34.8 Å². The number of rotatable bonds is 23. The van der Waals surface area contributed by atoms with Crippen molar-refractivity contribution < 1.29 is 44.2 Å². The van der Waals surface area contributed by atoms with Crippen LogP contribution in [0.15, 0.2) is 42.1 Å². The standard InChI is InChI=1S/C26H44O9.C18H17Cl3N6/c1-16(13-23(30)33-11-9-7-5-4-6-8-10-22(28)29)12-20-25(32)24(31)19(15-34-20)14-21-26(35-21)17(2)18(3)27;19-10-7-11(20)15-13(8-10)25-14(16(15)21)9-22-4-2-6-24-18-26-12-3-1-5-23-17(12)27-18/h13,17-21,24-27,31-32H,4-12,14-15H2,1-3H3,(H,28,29);1,3,5,7-8,22,25H,2,4,6,9H2,(H2,23,24,26,27)/b16-13+;/t17-,18-,19-,20-,21+,24+,25-,26-;/m0./s1. The molecule has 0 spiro atoms. The minimum absolute atomic E-state index is 0.0160. The zero-order valence-corrected chi connectivity index (χ0v) is 37.8. The number of benzene rings is 1. The van der Waals surface area contributed by atoms with Crippen molar-refractivity contribution in [2.75, 3.05) is 31.6 Å². The van der Waals surface area contributed by atoms with Gasteiger partial charge in [0.2, 0.25) is 5.95 Å². The van der Waals surface area contributed by atoms with E-state index in [1.807, 2.05) is 25.1 Å². The molecular formula is C44H61Cl3N6O9. The Labute approximate surface area is 377 Å². The van der Waals surface area contributed by atoms with Gasteiger partial charge in [0.25, 0.3) is 0 Å². The van der Waals surface area contributed by atoms with Crippen LogP contribution in [0.25, 0.3) is 22.1 Å². The van der Waals surface area contributed by atoms with E-state index >= 15 is 0 Å².